The van der Waals surface area contributed by atoms with Crippen molar-refractivity contribution < 1.29 is 4.79 Å². The lowest BCUT2D eigenvalue weighted by Gasteiger charge is -2.17. The SMILES string of the molecule is C=C1c2ccccc2C(=O)N1CCCCCSN. The van der Waals surface area contributed by atoms with Gasteiger partial charge in [0.2, 0.25) is 0 Å². The van der Waals surface area contributed by atoms with Crippen LogP contribution in [0.5, 0.6) is 0 Å². The second kappa shape index (κ2) is 6.07. The molecule has 0 radical (unpaired) electrons. The Morgan fingerprint density at radius 2 is 1.89 bits per heavy atom. The van der Waals surface area contributed by atoms with E-state index in [2.05, 4.69) is 6.58 Å². The first-order valence-electron chi connectivity index (χ1n) is 6.17. The monoisotopic (exact) mass is 262 g/mol. The number of nitrogens with two attached hydrogens (primary N) is 1. The topological polar surface area (TPSA) is 46.3 Å². The van der Waals surface area contributed by atoms with Crippen LogP contribution in [0.1, 0.15) is 35.2 Å². The predicted molar refractivity (Wildman–Crippen MR) is 77.0 cm³/mol. The molecule has 4 heteroatoms. The summed E-state index contributed by atoms with van der Waals surface area (Å²) in [5, 5.41) is 5.37. The van der Waals surface area contributed by atoms with Crippen LogP contribution in [0, 0.1) is 0 Å². The molecular formula is C14H18N2OS. The molecule has 3 nitrogen and oxygen atoms in total. The molecule has 1 aromatic carbocycles. The number of carbonyl (C=O) groups excluding carboxylic acids is 1. The highest BCUT2D eigenvalue weighted by Crippen LogP contribution is 2.31. The second-order valence-corrected chi connectivity index (χ2v) is 5.12. The van der Waals surface area contributed by atoms with Crippen molar-refractivity contribution in [1.82, 2.24) is 4.90 Å². The Morgan fingerprint density at radius 3 is 2.56 bits per heavy atom. The first kappa shape index (κ1) is 13.2. The van der Waals surface area contributed by atoms with Crippen LogP contribution < -0.4 is 5.14 Å². The van der Waals surface area contributed by atoms with Crippen molar-refractivity contribution in [1.29, 1.82) is 0 Å². The number of fused-ring (bicyclic) bond motifs is 1. The number of rotatable bonds is 6. The predicted octanol–water partition coefficient (Wildman–Crippen LogP) is 2.89. The summed E-state index contributed by atoms with van der Waals surface area (Å²) >= 11 is 1.38. The molecule has 1 heterocycles. The van der Waals surface area contributed by atoms with E-state index in [1.54, 1.807) is 4.90 Å². The summed E-state index contributed by atoms with van der Waals surface area (Å²) in [6.07, 6.45) is 3.19. The van der Waals surface area contributed by atoms with Crippen molar-refractivity contribution in [3.05, 3.63) is 42.0 Å². The second-order valence-electron chi connectivity index (χ2n) is 4.38. The molecule has 1 aliphatic rings. The van der Waals surface area contributed by atoms with Crippen LogP contribution in [-0.2, 0) is 0 Å². The third-order valence-electron chi connectivity index (χ3n) is 3.18. The molecule has 96 valence electrons. The van der Waals surface area contributed by atoms with Crippen molar-refractivity contribution in [2.24, 2.45) is 5.14 Å². The van der Waals surface area contributed by atoms with Crippen molar-refractivity contribution in [3.8, 4) is 0 Å². The van der Waals surface area contributed by atoms with Crippen molar-refractivity contribution in [2.45, 2.75) is 19.3 Å². The number of carbonyl (C=O) groups is 1. The quantitative estimate of drug-likeness (QED) is 0.633. The van der Waals surface area contributed by atoms with Gasteiger partial charge in [-0.25, -0.2) is 0 Å². The maximum atomic E-state index is 12.2. The molecule has 2 rings (SSSR count). The number of unbranched alkanes of at least 4 members (excludes halogenated alkanes) is 2. The molecule has 0 saturated heterocycles. The third kappa shape index (κ3) is 2.60. The zero-order valence-electron chi connectivity index (χ0n) is 10.4. The van der Waals surface area contributed by atoms with Crippen LogP contribution >= 0.6 is 11.9 Å². The van der Waals surface area contributed by atoms with E-state index in [1.807, 2.05) is 24.3 Å². The highest BCUT2D eigenvalue weighted by molar-refractivity contribution is 7.97. The first-order valence-corrected chi connectivity index (χ1v) is 7.22. The van der Waals surface area contributed by atoms with Crippen molar-refractivity contribution >= 4 is 23.6 Å². The van der Waals surface area contributed by atoms with Gasteiger partial charge in [0, 0.05) is 29.1 Å². The van der Waals surface area contributed by atoms with Gasteiger partial charge in [-0.15, -0.1) is 0 Å². The van der Waals surface area contributed by atoms with Gasteiger partial charge in [-0.2, -0.15) is 0 Å². The van der Waals surface area contributed by atoms with Gasteiger partial charge >= 0.3 is 0 Å². The summed E-state index contributed by atoms with van der Waals surface area (Å²) in [7, 11) is 0. The highest BCUT2D eigenvalue weighted by Gasteiger charge is 2.29. The standard InChI is InChI=1S/C14H18N2OS/c1-11-12-7-3-4-8-13(12)14(17)16(11)9-5-2-6-10-18-15/h3-4,7-8H,1-2,5-6,9-10,15H2. The minimum absolute atomic E-state index is 0.0869. The molecule has 0 fully saturated rings. The minimum atomic E-state index is 0.0869. The molecule has 1 aromatic rings. The van der Waals surface area contributed by atoms with E-state index >= 15 is 0 Å². The molecule has 1 amide bonds. The average Bonchev–Trinajstić information content (AvgIpc) is 2.64. The van der Waals surface area contributed by atoms with Gasteiger partial charge in [-0.1, -0.05) is 43.1 Å². The van der Waals surface area contributed by atoms with Gasteiger partial charge < -0.3 is 4.90 Å². The highest BCUT2D eigenvalue weighted by atomic mass is 32.2. The van der Waals surface area contributed by atoms with E-state index in [4.69, 9.17) is 5.14 Å². The zero-order valence-corrected chi connectivity index (χ0v) is 11.2. The average molecular weight is 262 g/mol. The third-order valence-corrected chi connectivity index (χ3v) is 3.71. The molecule has 0 bridgehead atoms. The number of benzene rings is 1. The Kier molecular flexibility index (Phi) is 4.44. The van der Waals surface area contributed by atoms with Crippen LogP contribution in [0.2, 0.25) is 0 Å². The molecule has 0 atom stereocenters. The Morgan fingerprint density at radius 1 is 1.17 bits per heavy atom. The van der Waals surface area contributed by atoms with E-state index in [-0.39, 0.29) is 5.91 Å². The summed E-state index contributed by atoms with van der Waals surface area (Å²) in [6, 6.07) is 7.67. The molecule has 0 unspecified atom stereocenters. The fraction of sp³-hybridized carbons (Fsp3) is 0.357. The smallest absolute Gasteiger partial charge is 0.258 e. The Hall–Kier alpha value is -1.26. The van der Waals surface area contributed by atoms with Crippen LogP contribution in [-0.4, -0.2) is 23.1 Å². The Balaban J connectivity index is 1.93. The minimum Gasteiger partial charge on any atom is -0.308 e. The fourth-order valence-corrected chi connectivity index (χ4v) is 2.57. The molecule has 0 aliphatic carbocycles. The maximum absolute atomic E-state index is 12.2. The molecule has 0 saturated carbocycles. The van der Waals surface area contributed by atoms with Crippen LogP contribution in [0.4, 0.5) is 0 Å². The summed E-state index contributed by atoms with van der Waals surface area (Å²) in [6.45, 7) is 4.77. The lowest BCUT2D eigenvalue weighted by Crippen LogP contribution is -2.23. The van der Waals surface area contributed by atoms with Crippen LogP contribution in [0.25, 0.3) is 5.70 Å². The summed E-state index contributed by atoms with van der Waals surface area (Å²) in [5.74, 6) is 1.07. The van der Waals surface area contributed by atoms with Gasteiger partial charge in [-0.05, 0) is 18.9 Å². The van der Waals surface area contributed by atoms with E-state index in [0.717, 1.165) is 48.4 Å². The lowest BCUT2D eigenvalue weighted by atomic mass is 10.1. The lowest BCUT2D eigenvalue weighted by molar-refractivity contribution is 0.0849. The fourth-order valence-electron chi connectivity index (χ4n) is 2.20. The van der Waals surface area contributed by atoms with Gasteiger partial charge in [0.1, 0.15) is 0 Å². The maximum Gasteiger partial charge on any atom is 0.258 e. The molecule has 2 N–H and O–H groups in total. The van der Waals surface area contributed by atoms with Gasteiger partial charge in [-0.3, -0.25) is 9.93 Å². The summed E-state index contributed by atoms with van der Waals surface area (Å²) < 4.78 is 0. The molecule has 0 spiro atoms. The number of nitrogens with zero attached hydrogens (tertiary/aromatic N) is 1. The molecule has 1 aliphatic heterocycles. The molecule has 18 heavy (non-hydrogen) atoms. The normalized spacial score (nSPS) is 14.2. The van der Waals surface area contributed by atoms with Crippen molar-refractivity contribution in [3.63, 3.8) is 0 Å². The van der Waals surface area contributed by atoms with E-state index in [1.165, 1.54) is 11.9 Å². The largest absolute Gasteiger partial charge is 0.308 e. The van der Waals surface area contributed by atoms with E-state index < -0.39 is 0 Å². The van der Waals surface area contributed by atoms with Gasteiger partial charge in [0.05, 0.1) is 0 Å². The Labute approximate surface area is 112 Å². The van der Waals surface area contributed by atoms with Crippen molar-refractivity contribution in [2.75, 3.05) is 12.3 Å². The first-order chi connectivity index (χ1) is 8.75. The number of hydrogen-bond donors (Lipinski definition) is 1. The Bertz CT molecular complexity index is 424. The number of amides is 1. The van der Waals surface area contributed by atoms with E-state index in [0.29, 0.717) is 0 Å². The zero-order chi connectivity index (χ0) is 13.0. The molecule has 0 aromatic heterocycles. The van der Waals surface area contributed by atoms with Gasteiger partial charge in [0.25, 0.3) is 5.91 Å². The van der Waals surface area contributed by atoms with E-state index in [9.17, 15) is 4.79 Å². The van der Waals surface area contributed by atoms with Gasteiger partial charge in [0.15, 0.2) is 0 Å². The van der Waals surface area contributed by atoms with Crippen LogP contribution in [0.15, 0.2) is 30.8 Å². The van der Waals surface area contributed by atoms with Crippen LogP contribution in [0.3, 0.4) is 0 Å². The summed E-state index contributed by atoms with van der Waals surface area (Å²) in [4.78, 5) is 14.0. The number of hydrogen-bond acceptors (Lipinski definition) is 3. The molecular weight excluding hydrogens is 244 g/mol. The summed E-state index contributed by atoms with van der Waals surface area (Å²) in [5.41, 5.74) is 2.59.